The van der Waals surface area contributed by atoms with Crippen LogP contribution < -0.4 is 15.4 Å². The Morgan fingerprint density at radius 2 is 1.57 bits per heavy atom. The molecule has 0 bridgehead atoms. The molecule has 0 aliphatic carbocycles. The Labute approximate surface area is 236 Å². The first-order valence-corrected chi connectivity index (χ1v) is 13.7. The summed E-state index contributed by atoms with van der Waals surface area (Å²) in [7, 11) is 3.02. The number of anilines is 1. The number of nitrogens with zero attached hydrogens (tertiary/aromatic N) is 3. The first-order valence-electron chi connectivity index (χ1n) is 13.7. The number of piperidine rings is 1. The van der Waals surface area contributed by atoms with Gasteiger partial charge in [0.1, 0.15) is 17.3 Å². The van der Waals surface area contributed by atoms with E-state index in [1.165, 1.54) is 24.8 Å². The molecule has 4 aromatic rings. The predicted octanol–water partition coefficient (Wildman–Crippen LogP) is 6.61. The van der Waals surface area contributed by atoms with Gasteiger partial charge in [0.25, 0.3) is 0 Å². The third kappa shape index (κ3) is 7.33. The fourth-order valence-corrected chi connectivity index (χ4v) is 4.61. The fraction of sp³-hybridized carbons (Fsp3) is 0.344. The van der Waals surface area contributed by atoms with Crippen LogP contribution in [-0.4, -0.2) is 49.8 Å². The van der Waals surface area contributed by atoms with E-state index in [1.54, 1.807) is 37.4 Å². The van der Waals surface area contributed by atoms with Crippen LogP contribution in [-0.2, 0) is 4.74 Å². The van der Waals surface area contributed by atoms with Gasteiger partial charge in [-0.1, -0.05) is 32.9 Å². The molecule has 40 heavy (non-hydrogen) atoms. The highest BCUT2D eigenvalue weighted by molar-refractivity contribution is 5.94. The minimum atomic E-state index is -0.429. The zero-order chi connectivity index (χ0) is 29.1. The summed E-state index contributed by atoms with van der Waals surface area (Å²) in [5.74, 6) is 1.35. The zero-order valence-electron chi connectivity index (χ0n) is 24.0. The van der Waals surface area contributed by atoms with Crippen LogP contribution in [0.5, 0.6) is 5.75 Å². The minimum Gasteiger partial charge on any atom is -0.497 e. The van der Waals surface area contributed by atoms with Crippen LogP contribution >= 0.6 is 0 Å². The quantitative estimate of drug-likeness (QED) is 0.282. The van der Waals surface area contributed by atoms with Gasteiger partial charge in [-0.05, 0) is 85.5 Å². The summed E-state index contributed by atoms with van der Waals surface area (Å²) in [6.45, 7) is 8.30. The van der Waals surface area contributed by atoms with Crippen molar-refractivity contribution in [2.75, 3.05) is 38.8 Å². The molecule has 1 aliphatic rings. The molecule has 1 saturated heterocycles. The van der Waals surface area contributed by atoms with Gasteiger partial charge in [0.05, 0.1) is 30.8 Å². The molecule has 3 aromatic carbocycles. The number of hydrogen-bond donors (Lipinski definition) is 1. The summed E-state index contributed by atoms with van der Waals surface area (Å²) in [4.78, 5) is 24.1. The van der Waals surface area contributed by atoms with Gasteiger partial charge in [0.2, 0.25) is 0 Å². The van der Waals surface area contributed by atoms with Gasteiger partial charge in [-0.15, -0.1) is 0 Å². The number of ether oxygens (including phenoxy) is 2. The number of carbonyl (C=O) groups is 1. The third-order valence-electron chi connectivity index (χ3n) is 6.57. The Bertz CT molecular complexity index is 1370. The van der Waals surface area contributed by atoms with E-state index in [9.17, 15) is 9.18 Å². The van der Waals surface area contributed by atoms with E-state index < -0.39 is 5.97 Å². The summed E-state index contributed by atoms with van der Waals surface area (Å²) in [6, 6.07) is 19.7. The highest BCUT2D eigenvalue weighted by Crippen LogP contribution is 2.35. The number of aromatic nitrogens is 2. The lowest BCUT2D eigenvalue weighted by atomic mass is 9.89. The predicted molar refractivity (Wildman–Crippen MR) is 160 cm³/mol. The molecule has 1 fully saturated rings. The van der Waals surface area contributed by atoms with Crippen LogP contribution in [0, 0.1) is 5.82 Å². The molecule has 0 unspecified atom stereocenters. The van der Waals surface area contributed by atoms with E-state index in [0.29, 0.717) is 28.2 Å². The smallest absolute Gasteiger partial charge is 0.337 e. The van der Waals surface area contributed by atoms with Crippen molar-refractivity contribution < 1.29 is 18.7 Å². The average Bonchev–Trinajstić information content (AvgIpc) is 3.01. The molecule has 7 nitrogen and oxygen atoms in total. The number of halogens is 1. The number of nitrogens with two attached hydrogens (primary N) is 1. The SMILES string of the molecule is CC.CCN.COC(=O)c1ccc2nc(N3CCC(c4ccc(OC)cc4)CC3)c(-c3ccc(F)cc3)nc2c1. The maximum absolute atomic E-state index is 13.6. The molecular weight excluding hydrogens is 507 g/mol. The summed E-state index contributed by atoms with van der Waals surface area (Å²) in [5.41, 5.74) is 9.29. The van der Waals surface area contributed by atoms with E-state index in [2.05, 4.69) is 17.0 Å². The molecule has 1 aliphatic heterocycles. The van der Waals surface area contributed by atoms with E-state index >= 15 is 0 Å². The standard InChI is InChI=1S/C28H26FN3O3.C2H7N.C2H6/c1-34-23-10-5-18(6-11-23)19-13-15-32(16-14-19)27-26(20-3-8-22(29)9-4-20)30-25-17-21(28(33)35-2)7-12-24(25)31-27;1-2-3;1-2/h3-12,17,19H,13-16H2,1-2H3;2-3H2,1H3;1-2H3. The summed E-state index contributed by atoms with van der Waals surface area (Å²) in [5, 5.41) is 0. The molecule has 0 radical (unpaired) electrons. The molecular formula is C32H39FN4O3. The van der Waals surface area contributed by atoms with Crippen LogP contribution in [0.1, 0.15) is 55.5 Å². The molecule has 5 rings (SSSR count). The number of hydrogen-bond acceptors (Lipinski definition) is 7. The van der Waals surface area contributed by atoms with Gasteiger partial charge in [-0.25, -0.2) is 19.2 Å². The van der Waals surface area contributed by atoms with E-state index in [0.717, 1.165) is 49.6 Å². The summed E-state index contributed by atoms with van der Waals surface area (Å²) in [6.07, 6.45) is 1.96. The molecule has 0 atom stereocenters. The second-order valence-electron chi connectivity index (χ2n) is 9.04. The second-order valence-corrected chi connectivity index (χ2v) is 9.04. The lowest BCUT2D eigenvalue weighted by Crippen LogP contribution is -2.34. The van der Waals surface area contributed by atoms with Gasteiger partial charge < -0.3 is 20.1 Å². The van der Waals surface area contributed by atoms with Crippen molar-refractivity contribution in [2.45, 2.75) is 39.5 Å². The van der Waals surface area contributed by atoms with Crippen LogP contribution in [0.3, 0.4) is 0 Å². The Balaban J connectivity index is 0.000000827. The molecule has 2 heterocycles. The lowest BCUT2D eigenvalue weighted by Gasteiger charge is -2.34. The van der Waals surface area contributed by atoms with Crippen LogP contribution in [0.4, 0.5) is 10.2 Å². The fourth-order valence-electron chi connectivity index (χ4n) is 4.61. The van der Waals surface area contributed by atoms with Gasteiger partial charge in [0, 0.05) is 18.7 Å². The van der Waals surface area contributed by atoms with E-state index in [4.69, 9.17) is 25.2 Å². The Kier molecular flexibility index (Phi) is 11.4. The van der Waals surface area contributed by atoms with Gasteiger partial charge >= 0.3 is 5.97 Å². The molecule has 1 aromatic heterocycles. The number of benzene rings is 3. The maximum Gasteiger partial charge on any atom is 0.337 e. The molecule has 2 N–H and O–H groups in total. The summed E-state index contributed by atoms with van der Waals surface area (Å²) >= 11 is 0. The maximum atomic E-state index is 13.6. The largest absolute Gasteiger partial charge is 0.497 e. The number of carbonyl (C=O) groups excluding carboxylic acids is 1. The zero-order valence-corrected chi connectivity index (χ0v) is 24.0. The van der Waals surface area contributed by atoms with Crippen LogP contribution in [0.15, 0.2) is 66.7 Å². The molecule has 0 saturated carbocycles. The highest BCUT2D eigenvalue weighted by Gasteiger charge is 2.25. The number of fused-ring (bicyclic) bond motifs is 1. The second kappa shape index (κ2) is 14.9. The molecule has 0 amide bonds. The lowest BCUT2D eigenvalue weighted by molar-refractivity contribution is 0.0601. The molecule has 212 valence electrons. The van der Waals surface area contributed by atoms with Crippen molar-refractivity contribution in [1.29, 1.82) is 0 Å². The van der Waals surface area contributed by atoms with Crippen molar-refractivity contribution in [3.63, 3.8) is 0 Å². The van der Waals surface area contributed by atoms with Crippen LogP contribution in [0.2, 0.25) is 0 Å². The van der Waals surface area contributed by atoms with Crippen LogP contribution in [0.25, 0.3) is 22.3 Å². The average molecular weight is 547 g/mol. The normalized spacial score (nSPS) is 13.0. The van der Waals surface area contributed by atoms with Crippen molar-refractivity contribution in [1.82, 2.24) is 9.97 Å². The topological polar surface area (TPSA) is 90.6 Å². The van der Waals surface area contributed by atoms with Crippen molar-refractivity contribution in [3.05, 3.63) is 83.7 Å². The van der Waals surface area contributed by atoms with E-state index in [1.807, 2.05) is 32.9 Å². The van der Waals surface area contributed by atoms with Gasteiger partial charge in [0.15, 0.2) is 5.82 Å². The number of esters is 1. The number of methoxy groups -OCH3 is 2. The van der Waals surface area contributed by atoms with E-state index in [-0.39, 0.29) is 5.82 Å². The first kappa shape index (κ1) is 30.5. The minimum absolute atomic E-state index is 0.308. The first-order chi connectivity index (χ1) is 19.5. The van der Waals surface area contributed by atoms with Crippen molar-refractivity contribution >= 4 is 22.8 Å². The number of rotatable bonds is 5. The van der Waals surface area contributed by atoms with Gasteiger partial charge in [-0.2, -0.15) is 0 Å². The van der Waals surface area contributed by atoms with Crippen molar-refractivity contribution in [3.8, 4) is 17.0 Å². The third-order valence-corrected chi connectivity index (χ3v) is 6.57. The Hall–Kier alpha value is -4.04. The highest BCUT2D eigenvalue weighted by atomic mass is 19.1. The monoisotopic (exact) mass is 546 g/mol. The Morgan fingerprint density at radius 1 is 0.950 bits per heavy atom. The molecule has 8 heteroatoms. The van der Waals surface area contributed by atoms with Gasteiger partial charge in [-0.3, -0.25) is 0 Å². The summed E-state index contributed by atoms with van der Waals surface area (Å²) < 4.78 is 23.8. The molecule has 0 spiro atoms. The van der Waals surface area contributed by atoms with Crippen molar-refractivity contribution in [2.24, 2.45) is 5.73 Å². The Morgan fingerprint density at radius 3 is 2.15 bits per heavy atom.